The maximum atomic E-state index is 15.0. The van der Waals surface area contributed by atoms with Crippen LogP contribution in [0, 0.1) is 5.82 Å². The first kappa shape index (κ1) is 16.4. The average Bonchev–Trinajstić information content (AvgIpc) is 3.30. The average molecular weight is 369 g/mol. The third-order valence-electron chi connectivity index (χ3n) is 5.78. The van der Waals surface area contributed by atoms with Gasteiger partial charge in [-0.2, -0.15) is 5.10 Å². The predicted molar refractivity (Wildman–Crippen MR) is 98.7 cm³/mol. The zero-order valence-electron chi connectivity index (χ0n) is 15.0. The Bertz CT molecular complexity index is 1020. The van der Waals surface area contributed by atoms with Gasteiger partial charge >= 0.3 is 6.03 Å². The Balaban J connectivity index is 1.57. The lowest BCUT2D eigenvalue weighted by Gasteiger charge is -2.25. The molecular weight excluding hydrogens is 349 g/mol. The second kappa shape index (κ2) is 5.63. The van der Waals surface area contributed by atoms with Gasteiger partial charge in [-0.3, -0.25) is 19.7 Å². The van der Waals surface area contributed by atoms with Gasteiger partial charge in [-0.15, -0.1) is 0 Å². The van der Waals surface area contributed by atoms with E-state index in [4.69, 9.17) is 0 Å². The SMILES string of the molecule is Cn1nc(N2CCC(=O)NC2=O)c2cc(F)c(C3=CCNC4(CC4)C3)cc21. The van der Waals surface area contributed by atoms with Gasteiger partial charge in [0, 0.05) is 43.0 Å². The number of hydrogen-bond donors (Lipinski definition) is 2. The molecule has 2 aliphatic heterocycles. The van der Waals surface area contributed by atoms with E-state index >= 15 is 4.39 Å². The highest BCUT2D eigenvalue weighted by molar-refractivity contribution is 6.09. The number of nitrogens with zero attached hydrogens (tertiary/aromatic N) is 3. The normalized spacial score (nSPS) is 21.6. The molecule has 1 spiro atoms. The van der Waals surface area contributed by atoms with Gasteiger partial charge in [0.15, 0.2) is 5.82 Å². The second-order valence-corrected chi connectivity index (χ2v) is 7.62. The number of imide groups is 1. The molecule has 7 nitrogen and oxygen atoms in total. The van der Waals surface area contributed by atoms with Crippen molar-refractivity contribution in [3.05, 3.63) is 29.6 Å². The predicted octanol–water partition coefficient (Wildman–Crippen LogP) is 2.07. The van der Waals surface area contributed by atoms with E-state index in [-0.39, 0.29) is 30.2 Å². The first-order chi connectivity index (χ1) is 13.0. The zero-order valence-corrected chi connectivity index (χ0v) is 15.0. The van der Waals surface area contributed by atoms with Crippen LogP contribution in [-0.4, -0.2) is 40.3 Å². The smallest absolute Gasteiger partial charge is 0.307 e. The number of halogens is 1. The third-order valence-corrected chi connectivity index (χ3v) is 5.78. The molecule has 1 aromatic carbocycles. The van der Waals surface area contributed by atoms with Crippen LogP contribution in [0.2, 0.25) is 0 Å². The summed E-state index contributed by atoms with van der Waals surface area (Å²) in [7, 11) is 1.78. The first-order valence-electron chi connectivity index (χ1n) is 9.18. The molecule has 3 heterocycles. The van der Waals surface area contributed by atoms with Gasteiger partial charge in [0.2, 0.25) is 5.91 Å². The van der Waals surface area contributed by atoms with Crippen LogP contribution in [0.5, 0.6) is 0 Å². The fraction of sp³-hybridized carbons (Fsp3) is 0.421. The van der Waals surface area contributed by atoms with E-state index in [9.17, 15) is 9.59 Å². The molecule has 3 amide bonds. The van der Waals surface area contributed by atoms with Gasteiger partial charge in [-0.1, -0.05) is 6.08 Å². The molecule has 140 valence electrons. The van der Waals surface area contributed by atoms with Crippen LogP contribution in [0.3, 0.4) is 0 Å². The van der Waals surface area contributed by atoms with E-state index in [2.05, 4.69) is 21.8 Å². The summed E-state index contributed by atoms with van der Waals surface area (Å²) in [4.78, 5) is 25.0. The number of carbonyl (C=O) groups is 2. The Morgan fingerprint density at radius 3 is 2.81 bits per heavy atom. The van der Waals surface area contributed by atoms with E-state index in [1.165, 1.54) is 11.0 Å². The summed E-state index contributed by atoms with van der Waals surface area (Å²) in [6, 6.07) is 2.76. The number of hydrogen-bond acceptors (Lipinski definition) is 4. The van der Waals surface area contributed by atoms with Crippen molar-refractivity contribution in [2.45, 2.75) is 31.2 Å². The Morgan fingerprint density at radius 2 is 2.07 bits per heavy atom. The molecule has 3 aliphatic rings. The number of carbonyl (C=O) groups excluding carboxylic acids is 2. The Morgan fingerprint density at radius 1 is 1.26 bits per heavy atom. The van der Waals surface area contributed by atoms with E-state index in [1.54, 1.807) is 11.7 Å². The van der Waals surface area contributed by atoms with Crippen molar-refractivity contribution in [1.82, 2.24) is 20.4 Å². The summed E-state index contributed by atoms with van der Waals surface area (Å²) in [5, 5.41) is 10.8. The molecule has 0 atom stereocenters. The van der Waals surface area contributed by atoms with Crippen LogP contribution in [0.1, 0.15) is 31.2 Å². The number of urea groups is 1. The number of benzene rings is 1. The lowest BCUT2D eigenvalue weighted by atomic mass is 9.93. The fourth-order valence-corrected chi connectivity index (χ4v) is 4.07. The zero-order chi connectivity index (χ0) is 18.8. The number of amides is 3. The maximum absolute atomic E-state index is 15.0. The van der Waals surface area contributed by atoms with Gasteiger partial charge in [-0.05, 0) is 37.0 Å². The quantitative estimate of drug-likeness (QED) is 0.849. The molecule has 0 radical (unpaired) electrons. The molecule has 1 saturated carbocycles. The number of aryl methyl sites for hydroxylation is 1. The maximum Gasteiger partial charge on any atom is 0.329 e. The fourth-order valence-electron chi connectivity index (χ4n) is 4.07. The van der Waals surface area contributed by atoms with E-state index in [0.717, 1.165) is 36.9 Å². The van der Waals surface area contributed by atoms with Crippen LogP contribution in [-0.2, 0) is 11.8 Å². The summed E-state index contributed by atoms with van der Waals surface area (Å²) >= 11 is 0. The summed E-state index contributed by atoms with van der Waals surface area (Å²) in [6.45, 7) is 0.991. The topological polar surface area (TPSA) is 79.3 Å². The largest absolute Gasteiger partial charge is 0.329 e. The molecule has 27 heavy (non-hydrogen) atoms. The minimum Gasteiger partial charge on any atom is -0.307 e. The number of rotatable bonds is 2. The Kier molecular flexibility index (Phi) is 3.42. The van der Waals surface area contributed by atoms with Crippen LogP contribution in [0.15, 0.2) is 18.2 Å². The Labute approximate surface area is 155 Å². The van der Waals surface area contributed by atoms with Crippen molar-refractivity contribution >= 4 is 34.2 Å². The van der Waals surface area contributed by atoms with Gasteiger partial charge in [0.1, 0.15) is 5.82 Å². The summed E-state index contributed by atoms with van der Waals surface area (Å²) in [5.41, 5.74) is 2.54. The molecule has 1 aromatic heterocycles. The van der Waals surface area contributed by atoms with Crippen LogP contribution < -0.4 is 15.5 Å². The Hall–Kier alpha value is -2.74. The van der Waals surface area contributed by atoms with Crippen LogP contribution >= 0.6 is 0 Å². The number of nitrogens with one attached hydrogen (secondary N) is 2. The molecule has 1 aliphatic carbocycles. The lowest BCUT2D eigenvalue weighted by molar-refractivity contribution is -0.120. The molecule has 2 N–H and O–H groups in total. The van der Waals surface area contributed by atoms with Gasteiger partial charge in [0.25, 0.3) is 0 Å². The number of fused-ring (bicyclic) bond motifs is 1. The highest BCUT2D eigenvalue weighted by Gasteiger charge is 2.44. The van der Waals surface area contributed by atoms with Crippen molar-refractivity contribution in [1.29, 1.82) is 0 Å². The molecule has 2 aromatic rings. The second-order valence-electron chi connectivity index (χ2n) is 7.62. The van der Waals surface area contributed by atoms with Crippen molar-refractivity contribution in [2.24, 2.45) is 7.05 Å². The standard InChI is InChI=1S/C19H20FN5O2/c1-24-15-9-12(11-2-6-21-19(10-11)4-5-19)14(20)8-13(15)17(23-24)25-7-3-16(26)22-18(25)27/h2,8-9,21H,3-7,10H2,1H3,(H,22,26,27). The highest BCUT2D eigenvalue weighted by atomic mass is 19.1. The summed E-state index contributed by atoms with van der Waals surface area (Å²) in [5.74, 6) is -0.244. The minimum absolute atomic E-state index is 0.154. The van der Waals surface area contributed by atoms with E-state index < -0.39 is 6.03 Å². The molecule has 2 fully saturated rings. The lowest BCUT2D eigenvalue weighted by Crippen LogP contribution is -2.49. The van der Waals surface area contributed by atoms with Crippen LogP contribution in [0.25, 0.3) is 16.5 Å². The van der Waals surface area contributed by atoms with Crippen molar-refractivity contribution in [3.63, 3.8) is 0 Å². The van der Waals surface area contributed by atoms with E-state index in [1.807, 2.05) is 6.07 Å². The number of anilines is 1. The number of aromatic nitrogens is 2. The third kappa shape index (κ3) is 2.63. The van der Waals surface area contributed by atoms with Crippen molar-refractivity contribution in [2.75, 3.05) is 18.0 Å². The van der Waals surface area contributed by atoms with Gasteiger partial charge in [0.05, 0.1) is 5.52 Å². The van der Waals surface area contributed by atoms with Gasteiger partial charge < -0.3 is 5.32 Å². The van der Waals surface area contributed by atoms with Crippen LogP contribution in [0.4, 0.5) is 15.0 Å². The van der Waals surface area contributed by atoms with Crippen molar-refractivity contribution < 1.29 is 14.0 Å². The molecular formula is C19H20FN5O2. The molecule has 8 heteroatoms. The summed E-state index contributed by atoms with van der Waals surface area (Å²) in [6.07, 6.45) is 5.34. The molecule has 0 unspecified atom stereocenters. The van der Waals surface area contributed by atoms with Crippen molar-refractivity contribution in [3.8, 4) is 0 Å². The minimum atomic E-state index is -0.521. The van der Waals surface area contributed by atoms with E-state index in [0.29, 0.717) is 16.8 Å². The molecule has 1 saturated heterocycles. The molecule has 0 bridgehead atoms. The first-order valence-corrected chi connectivity index (χ1v) is 9.18. The monoisotopic (exact) mass is 369 g/mol. The molecule has 5 rings (SSSR count). The summed E-state index contributed by atoms with van der Waals surface area (Å²) < 4.78 is 16.7. The van der Waals surface area contributed by atoms with Gasteiger partial charge in [-0.25, -0.2) is 9.18 Å². The highest BCUT2D eigenvalue weighted by Crippen LogP contribution is 2.45.